The Morgan fingerprint density at radius 1 is 1.21 bits per heavy atom. The van der Waals surface area contributed by atoms with Crippen LogP contribution in [-0.4, -0.2) is 45.5 Å². The summed E-state index contributed by atoms with van der Waals surface area (Å²) >= 11 is 7.36. The van der Waals surface area contributed by atoms with Gasteiger partial charge in [0, 0.05) is 36.9 Å². The van der Waals surface area contributed by atoms with Crippen molar-refractivity contribution in [3.63, 3.8) is 0 Å². The summed E-state index contributed by atoms with van der Waals surface area (Å²) in [5.74, 6) is 0.815. The second-order valence-corrected chi connectivity index (χ2v) is 9.99. The number of halogens is 1. The molecule has 0 fully saturated rings. The van der Waals surface area contributed by atoms with Gasteiger partial charge in [-0.25, -0.2) is 13.1 Å². The van der Waals surface area contributed by atoms with E-state index in [4.69, 9.17) is 21.1 Å². The van der Waals surface area contributed by atoms with Crippen molar-refractivity contribution in [1.82, 2.24) is 9.62 Å². The van der Waals surface area contributed by atoms with Gasteiger partial charge in [-0.15, -0.1) is 11.3 Å². The molecule has 158 valence electrons. The summed E-state index contributed by atoms with van der Waals surface area (Å²) < 4.78 is 39.4. The summed E-state index contributed by atoms with van der Waals surface area (Å²) in [6.45, 7) is 3.89. The van der Waals surface area contributed by atoms with Crippen molar-refractivity contribution in [2.45, 2.75) is 31.2 Å². The molecule has 10 heteroatoms. The van der Waals surface area contributed by atoms with Gasteiger partial charge in [-0.05, 0) is 31.2 Å². The number of ether oxygens (including phenoxy) is 2. The molecule has 0 bridgehead atoms. The Kier molecular flexibility index (Phi) is 7.39. The molecule has 1 aromatic heterocycles. The van der Waals surface area contributed by atoms with Gasteiger partial charge in [0.2, 0.25) is 15.9 Å². The lowest BCUT2D eigenvalue weighted by Crippen LogP contribution is -2.34. The number of nitrogens with one attached hydrogen (secondary N) is 1. The van der Waals surface area contributed by atoms with E-state index < -0.39 is 10.0 Å². The van der Waals surface area contributed by atoms with Crippen molar-refractivity contribution in [2.24, 2.45) is 0 Å². The van der Waals surface area contributed by atoms with Gasteiger partial charge in [0.25, 0.3) is 0 Å². The molecule has 0 unspecified atom stereocenters. The molecular weight excluding hydrogens is 436 g/mol. The largest absolute Gasteiger partial charge is 0.490 e. The predicted molar refractivity (Wildman–Crippen MR) is 112 cm³/mol. The van der Waals surface area contributed by atoms with Crippen LogP contribution < -0.4 is 14.2 Å². The molecule has 1 aliphatic heterocycles. The van der Waals surface area contributed by atoms with Gasteiger partial charge in [0.05, 0.1) is 29.0 Å². The highest BCUT2D eigenvalue weighted by Gasteiger charge is 2.20. The normalized spacial score (nSPS) is 13.7. The van der Waals surface area contributed by atoms with Crippen LogP contribution in [0.3, 0.4) is 0 Å². The zero-order valence-corrected chi connectivity index (χ0v) is 18.4. The second-order valence-electron chi connectivity index (χ2n) is 6.42. The lowest BCUT2D eigenvalue weighted by atomic mass is 10.3. The van der Waals surface area contributed by atoms with Crippen molar-refractivity contribution in [1.29, 1.82) is 0 Å². The second kappa shape index (κ2) is 9.80. The average molecular weight is 459 g/mol. The monoisotopic (exact) mass is 458 g/mol. The molecule has 3 rings (SSSR count). The molecule has 1 amide bonds. The maximum atomic E-state index is 12.6. The van der Waals surface area contributed by atoms with E-state index in [0.29, 0.717) is 42.1 Å². The number of thiophene rings is 1. The van der Waals surface area contributed by atoms with Crippen LogP contribution in [0.1, 0.15) is 24.6 Å². The molecule has 29 heavy (non-hydrogen) atoms. The van der Waals surface area contributed by atoms with Crippen LogP contribution in [0.4, 0.5) is 0 Å². The maximum absolute atomic E-state index is 12.6. The Labute approximate surface area is 179 Å². The minimum Gasteiger partial charge on any atom is -0.490 e. The minimum absolute atomic E-state index is 0.0112. The summed E-state index contributed by atoms with van der Waals surface area (Å²) in [4.78, 5) is 15.2. The van der Waals surface area contributed by atoms with E-state index in [2.05, 4.69) is 4.72 Å². The van der Waals surface area contributed by atoms with Crippen LogP contribution in [0.15, 0.2) is 35.2 Å². The number of hydrogen-bond donors (Lipinski definition) is 1. The molecular formula is C19H23ClN2O5S2. The number of nitrogens with zero attached hydrogens (tertiary/aromatic N) is 1. The van der Waals surface area contributed by atoms with Crippen LogP contribution in [0.25, 0.3) is 0 Å². The quantitative estimate of drug-likeness (QED) is 0.656. The molecule has 2 aromatic rings. The summed E-state index contributed by atoms with van der Waals surface area (Å²) in [6.07, 6.45) is 0.805. The first-order valence-corrected chi connectivity index (χ1v) is 12.0. The third kappa shape index (κ3) is 5.85. The molecule has 0 saturated heterocycles. The van der Waals surface area contributed by atoms with E-state index in [1.165, 1.54) is 23.5 Å². The van der Waals surface area contributed by atoms with Crippen molar-refractivity contribution in [2.75, 3.05) is 26.3 Å². The molecule has 1 N–H and O–H groups in total. The third-order valence-corrected chi connectivity index (χ3v) is 7.04. The molecule has 7 nitrogen and oxygen atoms in total. The molecule has 0 atom stereocenters. The average Bonchev–Trinajstić information content (AvgIpc) is 2.96. The SMILES string of the molecule is CCN(Cc1ccc(Cl)s1)C(=O)CCNS(=O)(=O)c1ccc2c(c1)OCCCO2. The fourth-order valence-electron chi connectivity index (χ4n) is 2.85. The maximum Gasteiger partial charge on any atom is 0.240 e. The molecule has 0 radical (unpaired) electrons. The van der Waals surface area contributed by atoms with Crippen molar-refractivity contribution in [3.8, 4) is 11.5 Å². The van der Waals surface area contributed by atoms with Crippen molar-refractivity contribution in [3.05, 3.63) is 39.5 Å². The molecule has 0 spiro atoms. The smallest absolute Gasteiger partial charge is 0.240 e. The Morgan fingerprint density at radius 3 is 2.66 bits per heavy atom. The number of fused-ring (bicyclic) bond motifs is 1. The van der Waals surface area contributed by atoms with E-state index in [1.54, 1.807) is 17.0 Å². The summed E-state index contributed by atoms with van der Waals surface area (Å²) in [5.41, 5.74) is 0. The molecule has 2 heterocycles. The highest BCUT2D eigenvalue weighted by molar-refractivity contribution is 7.89. The van der Waals surface area contributed by atoms with Crippen LogP contribution >= 0.6 is 22.9 Å². The van der Waals surface area contributed by atoms with E-state index in [9.17, 15) is 13.2 Å². The summed E-state index contributed by atoms with van der Waals surface area (Å²) in [6, 6.07) is 8.19. The van der Waals surface area contributed by atoms with Crippen molar-refractivity contribution >= 4 is 38.9 Å². The number of rotatable bonds is 8. The first kappa shape index (κ1) is 21.9. The predicted octanol–water partition coefficient (Wildman–Crippen LogP) is 3.28. The fourth-order valence-corrected chi connectivity index (χ4v) is 5.00. The van der Waals surface area contributed by atoms with E-state index >= 15 is 0 Å². The van der Waals surface area contributed by atoms with Crippen LogP contribution in [0.2, 0.25) is 4.34 Å². The van der Waals surface area contributed by atoms with Crippen molar-refractivity contribution < 1.29 is 22.7 Å². The third-order valence-electron chi connectivity index (χ3n) is 4.37. The van der Waals surface area contributed by atoms with Gasteiger partial charge in [-0.1, -0.05) is 11.6 Å². The number of amides is 1. The van der Waals surface area contributed by atoms with Crippen LogP contribution in [0.5, 0.6) is 11.5 Å². The Morgan fingerprint density at radius 2 is 1.97 bits per heavy atom. The van der Waals surface area contributed by atoms with Gasteiger partial charge in [0.15, 0.2) is 11.5 Å². The Bertz CT molecular complexity index is 961. The highest BCUT2D eigenvalue weighted by atomic mass is 35.5. The van der Waals surface area contributed by atoms with Crippen LogP contribution in [-0.2, 0) is 21.4 Å². The Hall–Kier alpha value is -1.81. The number of benzene rings is 1. The van der Waals surface area contributed by atoms with Gasteiger partial charge in [-0.2, -0.15) is 0 Å². The number of carbonyl (C=O) groups excluding carboxylic acids is 1. The standard InChI is InChI=1S/C19H23ClN2O5S2/c1-2-22(13-14-4-7-18(20)28-14)19(23)8-9-21-29(24,25)15-5-6-16-17(12-15)27-11-3-10-26-16/h4-7,12,21H,2-3,8-11,13H2,1H3. The minimum atomic E-state index is -3.76. The summed E-state index contributed by atoms with van der Waals surface area (Å²) in [7, 11) is -3.76. The number of carbonyl (C=O) groups is 1. The molecule has 0 aliphatic carbocycles. The highest BCUT2D eigenvalue weighted by Crippen LogP contribution is 2.31. The molecule has 0 saturated carbocycles. The van der Waals surface area contributed by atoms with Crippen LogP contribution in [0, 0.1) is 0 Å². The zero-order valence-electron chi connectivity index (χ0n) is 16.0. The topological polar surface area (TPSA) is 84.9 Å². The van der Waals surface area contributed by atoms with Gasteiger partial charge >= 0.3 is 0 Å². The summed E-state index contributed by atoms with van der Waals surface area (Å²) in [5, 5.41) is 0. The Balaban J connectivity index is 1.57. The van der Waals surface area contributed by atoms with Gasteiger partial charge in [-0.3, -0.25) is 4.79 Å². The first-order chi connectivity index (χ1) is 13.9. The van der Waals surface area contributed by atoms with E-state index in [1.807, 2.05) is 13.0 Å². The molecule has 1 aromatic carbocycles. The van der Waals surface area contributed by atoms with E-state index in [0.717, 1.165) is 11.3 Å². The van der Waals surface area contributed by atoms with Gasteiger partial charge in [0.1, 0.15) is 0 Å². The fraction of sp³-hybridized carbons (Fsp3) is 0.421. The zero-order chi connectivity index (χ0) is 20.9. The number of sulfonamides is 1. The van der Waals surface area contributed by atoms with E-state index in [-0.39, 0.29) is 23.8 Å². The first-order valence-electron chi connectivity index (χ1n) is 9.30. The lowest BCUT2D eigenvalue weighted by molar-refractivity contribution is -0.131. The van der Waals surface area contributed by atoms with Gasteiger partial charge < -0.3 is 14.4 Å². The molecule has 1 aliphatic rings. The number of hydrogen-bond acceptors (Lipinski definition) is 6. The lowest BCUT2D eigenvalue weighted by Gasteiger charge is -2.20.